The van der Waals surface area contributed by atoms with E-state index in [0.29, 0.717) is 24.4 Å². The Hall–Kier alpha value is -1.76. The van der Waals surface area contributed by atoms with E-state index in [2.05, 4.69) is 21.9 Å². The molecule has 6 nitrogen and oxygen atoms in total. The summed E-state index contributed by atoms with van der Waals surface area (Å²) in [6.45, 7) is 7.98. The van der Waals surface area contributed by atoms with Crippen molar-refractivity contribution in [1.29, 1.82) is 0 Å². The minimum absolute atomic E-state index is 0.113. The van der Waals surface area contributed by atoms with Gasteiger partial charge in [-0.25, -0.2) is 0 Å². The highest BCUT2D eigenvalue weighted by Crippen LogP contribution is 2.18. The first kappa shape index (κ1) is 17.3. The predicted octanol–water partition coefficient (Wildman–Crippen LogP) is 1.46. The highest BCUT2D eigenvalue weighted by atomic mass is 32.2. The number of carbonyl (C=O) groups is 1. The lowest BCUT2D eigenvalue weighted by Crippen LogP contribution is -2.25. The molecule has 1 heterocycles. The second kappa shape index (κ2) is 8.51. The van der Waals surface area contributed by atoms with Crippen LogP contribution >= 0.6 is 11.8 Å². The van der Waals surface area contributed by atoms with Gasteiger partial charge in [0.25, 0.3) is 5.56 Å². The Balaban J connectivity index is 2.68. The Kier molecular flexibility index (Phi) is 7.01. The van der Waals surface area contributed by atoms with Crippen LogP contribution in [0.4, 0.5) is 0 Å². The normalized spacial score (nSPS) is 10.6. The van der Waals surface area contributed by atoms with Crippen molar-refractivity contribution in [2.24, 2.45) is 5.92 Å². The van der Waals surface area contributed by atoms with Gasteiger partial charge < -0.3 is 15.4 Å². The van der Waals surface area contributed by atoms with E-state index in [1.165, 1.54) is 0 Å². The molecule has 0 unspecified atom stereocenters. The van der Waals surface area contributed by atoms with Gasteiger partial charge >= 0.3 is 0 Å². The highest BCUT2D eigenvalue weighted by Gasteiger charge is 2.12. The van der Waals surface area contributed by atoms with Gasteiger partial charge in [-0.05, 0) is 18.8 Å². The van der Waals surface area contributed by atoms with Crippen molar-refractivity contribution in [3.05, 3.63) is 28.6 Å². The Labute approximate surface area is 128 Å². The van der Waals surface area contributed by atoms with Crippen LogP contribution in [0.15, 0.2) is 22.6 Å². The number of amides is 1. The number of aromatic hydroxyl groups is 1. The molecule has 0 spiro atoms. The van der Waals surface area contributed by atoms with Crippen molar-refractivity contribution in [2.75, 3.05) is 12.3 Å². The number of carbonyl (C=O) groups excluding carboxylic acids is 1. The number of rotatable bonds is 8. The molecule has 1 rings (SSSR count). The van der Waals surface area contributed by atoms with Crippen LogP contribution in [0.25, 0.3) is 0 Å². The van der Waals surface area contributed by atoms with Gasteiger partial charge in [-0.2, -0.15) is 4.98 Å². The molecule has 1 aromatic rings. The Bertz CT molecular complexity index is 555. The van der Waals surface area contributed by atoms with Gasteiger partial charge in [-0.1, -0.05) is 31.7 Å². The van der Waals surface area contributed by atoms with E-state index in [1.54, 1.807) is 6.08 Å². The Morgan fingerprint density at radius 3 is 2.86 bits per heavy atom. The molecule has 0 aliphatic rings. The number of nitrogens with one attached hydrogen (secondary N) is 2. The highest BCUT2D eigenvalue weighted by molar-refractivity contribution is 7.99. The van der Waals surface area contributed by atoms with E-state index < -0.39 is 0 Å². The zero-order chi connectivity index (χ0) is 15.8. The zero-order valence-electron chi connectivity index (χ0n) is 12.3. The fourth-order valence-electron chi connectivity index (χ4n) is 1.56. The van der Waals surface area contributed by atoms with E-state index >= 15 is 0 Å². The average molecular weight is 311 g/mol. The quantitative estimate of drug-likeness (QED) is 0.384. The van der Waals surface area contributed by atoms with Gasteiger partial charge in [0.05, 0.1) is 11.3 Å². The van der Waals surface area contributed by atoms with Gasteiger partial charge in [-0.15, -0.1) is 6.58 Å². The number of aromatic amines is 1. The summed E-state index contributed by atoms with van der Waals surface area (Å²) in [7, 11) is 0. The first-order valence-corrected chi connectivity index (χ1v) is 7.75. The van der Waals surface area contributed by atoms with E-state index in [0.717, 1.165) is 18.2 Å². The molecule has 0 aliphatic carbocycles. The summed E-state index contributed by atoms with van der Waals surface area (Å²) < 4.78 is 0. The molecule has 0 radical (unpaired) electrons. The van der Waals surface area contributed by atoms with Gasteiger partial charge in [0.2, 0.25) is 11.8 Å². The second-order valence-electron chi connectivity index (χ2n) is 4.99. The monoisotopic (exact) mass is 311 g/mol. The van der Waals surface area contributed by atoms with Crippen molar-refractivity contribution in [2.45, 2.75) is 31.8 Å². The Morgan fingerprint density at radius 1 is 1.57 bits per heavy atom. The van der Waals surface area contributed by atoms with Gasteiger partial charge in [0, 0.05) is 6.54 Å². The minimum Gasteiger partial charge on any atom is -0.493 e. The smallest absolute Gasteiger partial charge is 0.258 e. The third-order valence-corrected chi connectivity index (χ3v) is 3.60. The standard InChI is InChI=1S/C14H21N3O3S/c1-4-7-15-11(18)8-21-14-16-12(19)10(13(20)17-14)6-5-9(2)3/h4,9H,1,5-8H2,2-3H3,(H,15,18)(H2,16,17,19,20). The topological polar surface area (TPSA) is 95.1 Å². The first-order chi connectivity index (χ1) is 9.93. The maximum atomic E-state index is 11.9. The zero-order valence-corrected chi connectivity index (χ0v) is 13.1. The molecular weight excluding hydrogens is 290 g/mol. The van der Waals surface area contributed by atoms with Crippen LogP contribution in [-0.4, -0.2) is 33.3 Å². The summed E-state index contributed by atoms with van der Waals surface area (Å²) in [5, 5.41) is 12.7. The van der Waals surface area contributed by atoms with Crippen LogP contribution in [0.5, 0.6) is 5.88 Å². The van der Waals surface area contributed by atoms with Gasteiger partial charge in [0.1, 0.15) is 0 Å². The number of thioether (sulfide) groups is 1. The summed E-state index contributed by atoms with van der Waals surface area (Å²) in [4.78, 5) is 29.8. The van der Waals surface area contributed by atoms with Gasteiger partial charge in [-0.3, -0.25) is 9.59 Å². The lowest BCUT2D eigenvalue weighted by molar-refractivity contribution is -0.118. The van der Waals surface area contributed by atoms with Crippen LogP contribution in [-0.2, 0) is 11.2 Å². The fourth-order valence-corrected chi connectivity index (χ4v) is 2.25. The van der Waals surface area contributed by atoms with E-state index in [1.807, 2.05) is 13.8 Å². The number of hydrogen-bond donors (Lipinski definition) is 3. The van der Waals surface area contributed by atoms with E-state index in [9.17, 15) is 14.7 Å². The van der Waals surface area contributed by atoms with Crippen molar-refractivity contribution in [3.63, 3.8) is 0 Å². The SMILES string of the molecule is C=CCNC(=O)CSc1nc(O)c(CCC(C)C)c(=O)[nH]1. The van der Waals surface area contributed by atoms with Gasteiger partial charge in [0.15, 0.2) is 5.16 Å². The average Bonchev–Trinajstić information content (AvgIpc) is 2.41. The van der Waals surface area contributed by atoms with Crippen LogP contribution in [0.2, 0.25) is 0 Å². The molecule has 21 heavy (non-hydrogen) atoms. The number of hydrogen-bond acceptors (Lipinski definition) is 5. The summed E-state index contributed by atoms with van der Waals surface area (Å²) in [5.41, 5.74) is -0.0543. The molecule has 0 aliphatic heterocycles. The molecule has 7 heteroatoms. The van der Waals surface area contributed by atoms with Crippen LogP contribution < -0.4 is 10.9 Å². The molecule has 0 aromatic carbocycles. The van der Waals surface area contributed by atoms with Crippen molar-refractivity contribution in [1.82, 2.24) is 15.3 Å². The van der Waals surface area contributed by atoms with Crippen LogP contribution in [0, 0.1) is 5.92 Å². The molecule has 0 atom stereocenters. The third-order valence-electron chi connectivity index (χ3n) is 2.73. The number of H-pyrrole nitrogens is 1. The molecule has 0 saturated carbocycles. The third kappa shape index (κ3) is 6.03. The number of aromatic nitrogens is 2. The summed E-state index contributed by atoms with van der Waals surface area (Å²) >= 11 is 1.07. The largest absolute Gasteiger partial charge is 0.493 e. The van der Waals surface area contributed by atoms with E-state index in [4.69, 9.17) is 0 Å². The molecule has 1 aromatic heterocycles. The van der Waals surface area contributed by atoms with Crippen molar-refractivity contribution in [3.8, 4) is 5.88 Å². The summed E-state index contributed by atoms with van der Waals surface area (Å²) in [6.07, 6.45) is 2.86. The molecule has 3 N–H and O–H groups in total. The Morgan fingerprint density at radius 2 is 2.29 bits per heavy atom. The number of nitrogens with zero attached hydrogens (tertiary/aromatic N) is 1. The van der Waals surface area contributed by atoms with Crippen molar-refractivity contribution >= 4 is 17.7 Å². The lowest BCUT2D eigenvalue weighted by Gasteiger charge is -2.07. The molecule has 0 saturated heterocycles. The van der Waals surface area contributed by atoms with Crippen molar-refractivity contribution < 1.29 is 9.90 Å². The maximum absolute atomic E-state index is 11.9. The first-order valence-electron chi connectivity index (χ1n) is 6.76. The predicted molar refractivity (Wildman–Crippen MR) is 83.6 cm³/mol. The van der Waals surface area contributed by atoms with E-state index in [-0.39, 0.29) is 28.3 Å². The lowest BCUT2D eigenvalue weighted by atomic mass is 10.0. The van der Waals surface area contributed by atoms with Crippen LogP contribution in [0.3, 0.4) is 0 Å². The minimum atomic E-state index is -0.350. The summed E-state index contributed by atoms with van der Waals surface area (Å²) in [6, 6.07) is 0. The fraction of sp³-hybridized carbons (Fsp3) is 0.500. The molecule has 1 amide bonds. The molecule has 116 valence electrons. The molecule has 0 fully saturated rings. The molecular formula is C14H21N3O3S. The molecule has 0 bridgehead atoms. The second-order valence-corrected chi connectivity index (χ2v) is 5.95. The van der Waals surface area contributed by atoms with Crippen LogP contribution in [0.1, 0.15) is 25.8 Å². The summed E-state index contributed by atoms with van der Waals surface area (Å²) in [5.74, 6) is 0.104. The maximum Gasteiger partial charge on any atom is 0.258 e.